The number of fused-ring (bicyclic) bond motifs is 1. The summed E-state index contributed by atoms with van der Waals surface area (Å²) in [4.78, 5) is 14.8. The maximum atomic E-state index is 12.3. The number of hydrogen-bond acceptors (Lipinski definition) is 4. The molecule has 0 saturated heterocycles. The van der Waals surface area contributed by atoms with Gasteiger partial charge < -0.3 is 14.8 Å². The van der Waals surface area contributed by atoms with Gasteiger partial charge >= 0.3 is 0 Å². The van der Waals surface area contributed by atoms with Crippen LogP contribution in [0.1, 0.15) is 46.8 Å². The Hall–Kier alpha value is -2.99. The van der Waals surface area contributed by atoms with Crippen molar-refractivity contribution in [3.8, 4) is 0 Å². The number of nitrogens with zero attached hydrogens (tertiary/aromatic N) is 4. The molecule has 0 spiro atoms. The second kappa shape index (κ2) is 9.67. The SMILES string of the molecule is C[C@H](CCN1CCc2nnc(CNC(=O)c3ccccc3)n2CC1)c1ccccc1. The minimum absolute atomic E-state index is 0.0851. The van der Waals surface area contributed by atoms with E-state index < -0.39 is 0 Å². The van der Waals surface area contributed by atoms with E-state index >= 15 is 0 Å². The van der Waals surface area contributed by atoms with Crippen LogP contribution in [0.25, 0.3) is 0 Å². The maximum Gasteiger partial charge on any atom is 0.251 e. The van der Waals surface area contributed by atoms with E-state index in [0.29, 0.717) is 18.0 Å². The third-order valence-corrected chi connectivity index (χ3v) is 5.89. The van der Waals surface area contributed by atoms with E-state index in [-0.39, 0.29) is 5.91 Å². The van der Waals surface area contributed by atoms with Crippen LogP contribution >= 0.6 is 0 Å². The quantitative estimate of drug-likeness (QED) is 0.658. The molecule has 1 aliphatic heterocycles. The van der Waals surface area contributed by atoms with Crippen molar-refractivity contribution in [1.82, 2.24) is 25.0 Å². The lowest BCUT2D eigenvalue weighted by Gasteiger charge is -2.22. The molecule has 156 valence electrons. The summed E-state index contributed by atoms with van der Waals surface area (Å²) < 4.78 is 2.17. The molecule has 0 aliphatic carbocycles. The van der Waals surface area contributed by atoms with Crippen LogP contribution in [0, 0.1) is 0 Å². The topological polar surface area (TPSA) is 63.1 Å². The molecular weight excluding hydrogens is 374 g/mol. The average Bonchev–Trinajstić information content (AvgIpc) is 3.07. The van der Waals surface area contributed by atoms with Crippen molar-refractivity contribution in [2.75, 3.05) is 19.6 Å². The first-order valence-electron chi connectivity index (χ1n) is 10.7. The Morgan fingerprint density at radius 2 is 1.73 bits per heavy atom. The average molecular weight is 404 g/mol. The molecule has 4 rings (SSSR count). The Bertz CT molecular complexity index is 954. The third kappa shape index (κ3) is 4.94. The highest BCUT2D eigenvalue weighted by Gasteiger charge is 2.19. The van der Waals surface area contributed by atoms with Crippen molar-refractivity contribution in [2.24, 2.45) is 0 Å². The Morgan fingerprint density at radius 3 is 2.50 bits per heavy atom. The summed E-state index contributed by atoms with van der Waals surface area (Å²) in [6, 6.07) is 20.0. The number of carbonyl (C=O) groups excluding carboxylic acids is 1. The van der Waals surface area contributed by atoms with Gasteiger partial charge in [-0.05, 0) is 36.6 Å². The van der Waals surface area contributed by atoms with Crippen molar-refractivity contribution in [3.63, 3.8) is 0 Å². The Kier molecular flexibility index (Phi) is 6.54. The number of hydrogen-bond donors (Lipinski definition) is 1. The Labute approximate surface area is 177 Å². The van der Waals surface area contributed by atoms with Crippen LogP contribution in [-0.4, -0.2) is 45.2 Å². The molecule has 0 saturated carbocycles. The summed E-state index contributed by atoms with van der Waals surface area (Å²) in [6.07, 6.45) is 2.03. The number of rotatable bonds is 7. The van der Waals surface area contributed by atoms with Gasteiger partial charge in [-0.1, -0.05) is 55.5 Å². The molecule has 0 bridgehead atoms. The molecule has 6 nitrogen and oxygen atoms in total. The maximum absolute atomic E-state index is 12.3. The first-order chi connectivity index (χ1) is 14.7. The molecular formula is C24H29N5O. The Morgan fingerprint density at radius 1 is 1.00 bits per heavy atom. The molecule has 2 heterocycles. The fourth-order valence-corrected chi connectivity index (χ4v) is 3.96. The lowest BCUT2D eigenvalue weighted by Crippen LogP contribution is -2.29. The zero-order chi connectivity index (χ0) is 20.8. The summed E-state index contributed by atoms with van der Waals surface area (Å²) in [5, 5.41) is 11.7. The number of amides is 1. The van der Waals surface area contributed by atoms with E-state index in [2.05, 4.69) is 62.2 Å². The van der Waals surface area contributed by atoms with Crippen LogP contribution in [0.5, 0.6) is 0 Å². The van der Waals surface area contributed by atoms with Crippen LogP contribution in [0.4, 0.5) is 0 Å². The molecule has 2 aromatic carbocycles. The van der Waals surface area contributed by atoms with Gasteiger partial charge in [0, 0.05) is 31.6 Å². The van der Waals surface area contributed by atoms with Gasteiger partial charge in [0.05, 0.1) is 6.54 Å². The van der Waals surface area contributed by atoms with Gasteiger partial charge in [-0.2, -0.15) is 0 Å². The summed E-state index contributed by atoms with van der Waals surface area (Å²) in [5.41, 5.74) is 2.06. The lowest BCUT2D eigenvalue weighted by atomic mass is 9.98. The highest BCUT2D eigenvalue weighted by atomic mass is 16.1. The minimum atomic E-state index is -0.0851. The minimum Gasteiger partial charge on any atom is -0.345 e. The van der Waals surface area contributed by atoms with Crippen LogP contribution in [0.2, 0.25) is 0 Å². The fraction of sp³-hybridized carbons (Fsp3) is 0.375. The molecule has 1 N–H and O–H groups in total. The van der Waals surface area contributed by atoms with Gasteiger partial charge in [-0.25, -0.2) is 0 Å². The predicted octanol–water partition coefficient (Wildman–Crippen LogP) is 3.26. The normalized spacial score (nSPS) is 15.2. The predicted molar refractivity (Wildman–Crippen MR) is 117 cm³/mol. The molecule has 1 atom stereocenters. The van der Waals surface area contributed by atoms with E-state index in [1.807, 2.05) is 30.3 Å². The van der Waals surface area contributed by atoms with E-state index in [0.717, 1.165) is 50.7 Å². The van der Waals surface area contributed by atoms with Gasteiger partial charge in [0.1, 0.15) is 5.82 Å². The van der Waals surface area contributed by atoms with Crippen molar-refractivity contribution in [1.29, 1.82) is 0 Å². The zero-order valence-corrected chi connectivity index (χ0v) is 17.5. The van der Waals surface area contributed by atoms with E-state index in [4.69, 9.17) is 0 Å². The molecule has 0 radical (unpaired) electrons. The summed E-state index contributed by atoms with van der Waals surface area (Å²) in [5.74, 6) is 2.31. The lowest BCUT2D eigenvalue weighted by molar-refractivity contribution is 0.0949. The van der Waals surface area contributed by atoms with Gasteiger partial charge in [-0.15, -0.1) is 10.2 Å². The van der Waals surface area contributed by atoms with E-state index in [1.54, 1.807) is 0 Å². The second-order valence-corrected chi connectivity index (χ2v) is 7.92. The van der Waals surface area contributed by atoms with Gasteiger partial charge in [-0.3, -0.25) is 4.79 Å². The van der Waals surface area contributed by atoms with Gasteiger partial charge in [0.2, 0.25) is 0 Å². The number of carbonyl (C=O) groups is 1. The molecule has 3 aromatic rings. The molecule has 1 aromatic heterocycles. The van der Waals surface area contributed by atoms with Crippen molar-refractivity contribution in [2.45, 2.75) is 38.8 Å². The molecule has 6 heteroatoms. The summed E-state index contributed by atoms with van der Waals surface area (Å²) in [6.45, 7) is 6.61. The van der Waals surface area contributed by atoms with Gasteiger partial charge in [0.15, 0.2) is 5.82 Å². The summed E-state index contributed by atoms with van der Waals surface area (Å²) in [7, 11) is 0. The second-order valence-electron chi connectivity index (χ2n) is 7.92. The molecule has 0 unspecified atom stereocenters. The number of nitrogens with one attached hydrogen (secondary N) is 1. The van der Waals surface area contributed by atoms with Crippen molar-refractivity contribution in [3.05, 3.63) is 83.4 Å². The van der Waals surface area contributed by atoms with Crippen LogP contribution in [0.15, 0.2) is 60.7 Å². The third-order valence-electron chi connectivity index (χ3n) is 5.89. The molecule has 1 aliphatic rings. The fourth-order valence-electron chi connectivity index (χ4n) is 3.96. The van der Waals surface area contributed by atoms with Crippen LogP contribution in [-0.2, 0) is 19.5 Å². The smallest absolute Gasteiger partial charge is 0.251 e. The summed E-state index contributed by atoms with van der Waals surface area (Å²) >= 11 is 0. The van der Waals surface area contributed by atoms with E-state index in [9.17, 15) is 4.79 Å². The number of benzene rings is 2. The zero-order valence-electron chi connectivity index (χ0n) is 17.5. The first kappa shape index (κ1) is 20.3. The molecule has 30 heavy (non-hydrogen) atoms. The van der Waals surface area contributed by atoms with Crippen LogP contribution in [0.3, 0.4) is 0 Å². The molecule has 1 amide bonds. The first-order valence-corrected chi connectivity index (χ1v) is 10.7. The largest absolute Gasteiger partial charge is 0.345 e. The monoisotopic (exact) mass is 403 g/mol. The van der Waals surface area contributed by atoms with E-state index in [1.165, 1.54) is 5.56 Å². The van der Waals surface area contributed by atoms with Gasteiger partial charge in [0.25, 0.3) is 5.91 Å². The van der Waals surface area contributed by atoms with Crippen molar-refractivity contribution >= 4 is 5.91 Å². The highest BCUT2D eigenvalue weighted by molar-refractivity contribution is 5.93. The molecule has 0 fully saturated rings. The highest BCUT2D eigenvalue weighted by Crippen LogP contribution is 2.19. The standard InChI is InChI=1S/C24H29N5O/c1-19(20-8-4-2-5-9-20)12-14-28-15-13-22-26-27-23(29(22)17-16-28)18-25-24(30)21-10-6-3-7-11-21/h2-11,19H,12-18H2,1H3,(H,25,30)/t19-/m1/s1. The number of aromatic nitrogens is 3. The Balaban J connectivity index is 1.30. The van der Waals surface area contributed by atoms with Crippen molar-refractivity contribution < 1.29 is 4.79 Å². The van der Waals surface area contributed by atoms with Crippen LogP contribution < -0.4 is 5.32 Å².